The summed E-state index contributed by atoms with van der Waals surface area (Å²) >= 11 is 0. The summed E-state index contributed by atoms with van der Waals surface area (Å²) in [6.07, 6.45) is 5.02. The molecule has 2 aromatic heterocycles. The molecule has 1 atom stereocenters. The van der Waals surface area contributed by atoms with E-state index in [4.69, 9.17) is 4.52 Å². The molecule has 0 spiro atoms. The van der Waals surface area contributed by atoms with Crippen LogP contribution in [0, 0.1) is 13.8 Å². The summed E-state index contributed by atoms with van der Waals surface area (Å²) in [6.45, 7) is 8.91. The Bertz CT molecular complexity index is 857. The minimum atomic E-state index is -0.320. The number of fused-ring (bicyclic) bond motifs is 1. The summed E-state index contributed by atoms with van der Waals surface area (Å²) in [4.78, 5) is 27.0. The third-order valence-electron chi connectivity index (χ3n) is 5.37. The van der Waals surface area contributed by atoms with Crippen LogP contribution in [-0.2, 0) is 11.3 Å². The van der Waals surface area contributed by atoms with Crippen LogP contribution in [0.3, 0.4) is 0 Å². The van der Waals surface area contributed by atoms with Crippen molar-refractivity contribution in [2.45, 2.75) is 65.5 Å². The van der Waals surface area contributed by atoms with Gasteiger partial charge in [-0.2, -0.15) is 5.10 Å². The van der Waals surface area contributed by atoms with Gasteiger partial charge in [0, 0.05) is 25.6 Å². The number of amides is 1. The summed E-state index contributed by atoms with van der Waals surface area (Å²) in [5.41, 5.74) is 0.634. The van der Waals surface area contributed by atoms with E-state index in [1.165, 1.54) is 23.9 Å². The van der Waals surface area contributed by atoms with Crippen molar-refractivity contribution in [2.24, 2.45) is 0 Å². The lowest BCUT2D eigenvalue weighted by Crippen LogP contribution is -2.39. The molecule has 0 aromatic carbocycles. The highest BCUT2D eigenvalue weighted by atomic mass is 16.5. The lowest BCUT2D eigenvalue weighted by Gasteiger charge is -2.33. The van der Waals surface area contributed by atoms with Gasteiger partial charge in [-0.3, -0.25) is 9.59 Å². The van der Waals surface area contributed by atoms with E-state index in [9.17, 15) is 9.59 Å². The number of aromatic nitrogens is 3. The Morgan fingerprint density at radius 3 is 2.89 bits per heavy atom. The van der Waals surface area contributed by atoms with Crippen LogP contribution in [0.4, 0.5) is 0 Å². The van der Waals surface area contributed by atoms with Gasteiger partial charge in [0.15, 0.2) is 5.52 Å². The Labute approximate surface area is 158 Å². The number of nitrogens with zero attached hydrogens (tertiary/aromatic N) is 4. The number of hydrogen-bond donors (Lipinski definition) is 1. The molecule has 8 nitrogen and oxygen atoms in total. The van der Waals surface area contributed by atoms with Crippen molar-refractivity contribution in [2.75, 3.05) is 19.6 Å². The molecule has 3 heterocycles. The zero-order valence-electron chi connectivity index (χ0n) is 16.5. The highest BCUT2D eigenvalue weighted by Crippen LogP contribution is 2.17. The van der Waals surface area contributed by atoms with Crippen LogP contribution in [0.2, 0.25) is 0 Å². The van der Waals surface area contributed by atoms with Crippen LogP contribution < -0.4 is 10.9 Å². The average Bonchev–Trinajstić information content (AvgIpc) is 3.04. The zero-order chi connectivity index (χ0) is 19.4. The highest BCUT2D eigenvalue weighted by molar-refractivity contribution is 5.81. The minimum Gasteiger partial charge on any atom is -0.360 e. The Hall–Kier alpha value is -2.22. The summed E-state index contributed by atoms with van der Waals surface area (Å²) in [6, 6.07) is 0.644. The summed E-state index contributed by atoms with van der Waals surface area (Å²) in [5, 5.41) is 11.7. The van der Waals surface area contributed by atoms with E-state index in [2.05, 4.69) is 27.4 Å². The average molecular weight is 375 g/mol. The van der Waals surface area contributed by atoms with E-state index >= 15 is 0 Å². The maximum atomic E-state index is 12.4. The van der Waals surface area contributed by atoms with Crippen molar-refractivity contribution in [3.8, 4) is 0 Å². The second-order valence-corrected chi connectivity index (χ2v) is 7.41. The molecule has 1 fully saturated rings. The molecule has 1 N–H and O–H groups in total. The van der Waals surface area contributed by atoms with Crippen LogP contribution in [0.25, 0.3) is 10.9 Å². The summed E-state index contributed by atoms with van der Waals surface area (Å²) < 4.78 is 6.39. The number of aryl methyl sites for hydroxylation is 3. The second-order valence-electron chi connectivity index (χ2n) is 7.41. The number of hydrogen-bond acceptors (Lipinski definition) is 6. The number of nitrogens with one attached hydrogen (secondary N) is 1. The van der Waals surface area contributed by atoms with Gasteiger partial charge in [-0.1, -0.05) is 11.6 Å². The third kappa shape index (κ3) is 4.55. The maximum Gasteiger partial charge on any atom is 0.296 e. The fraction of sp³-hybridized carbons (Fsp3) is 0.684. The van der Waals surface area contributed by atoms with E-state index < -0.39 is 0 Å². The van der Waals surface area contributed by atoms with Crippen LogP contribution >= 0.6 is 0 Å². The van der Waals surface area contributed by atoms with Gasteiger partial charge >= 0.3 is 0 Å². The Balaban J connectivity index is 1.46. The molecule has 1 amide bonds. The van der Waals surface area contributed by atoms with E-state index in [0.29, 0.717) is 29.4 Å². The fourth-order valence-electron chi connectivity index (χ4n) is 3.79. The van der Waals surface area contributed by atoms with E-state index in [0.717, 1.165) is 19.5 Å². The topological polar surface area (TPSA) is 93.3 Å². The van der Waals surface area contributed by atoms with Crippen molar-refractivity contribution >= 4 is 16.8 Å². The quantitative estimate of drug-likeness (QED) is 0.742. The fourth-order valence-corrected chi connectivity index (χ4v) is 3.79. The number of likely N-dealkylation sites (tertiary alicyclic amines) is 1. The van der Waals surface area contributed by atoms with Crippen molar-refractivity contribution in [1.82, 2.24) is 25.2 Å². The summed E-state index contributed by atoms with van der Waals surface area (Å²) in [5.74, 6) is 0.518. The molecule has 0 bridgehead atoms. The lowest BCUT2D eigenvalue weighted by atomic mass is 10.0. The van der Waals surface area contributed by atoms with E-state index in [1.807, 2.05) is 6.92 Å². The minimum absolute atomic E-state index is 0.0653. The van der Waals surface area contributed by atoms with Gasteiger partial charge in [0.05, 0.1) is 17.6 Å². The molecule has 0 aliphatic carbocycles. The molecule has 0 saturated carbocycles. The standard InChI is InChI=1S/C19H29N5O3/c1-13-7-4-5-10-23(13)11-6-9-20-16(25)8-12-24-19(26)18-17(14(2)21-24)15(3)27-22-18/h13H,4-12H2,1-3H3,(H,20,25)/t13-/m0/s1. The van der Waals surface area contributed by atoms with Crippen LogP contribution in [0.1, 0.15) is 50.5 Å². The van der Waals surface area contributed by atoms with Crippen LogP contribution in [-0.4, -0.2) is 51.4 Å². The third-order valence-corrected chi connectivity index (χ3v) is 5.37. The van der Waals surface area contributed by atoms with Gasteiger partial charge in [-0.05, 0) is 46.6 Å². The van der Waals surface area contributed by atoms with Crippen LogP contribution in [0.15, 0.2) is 9.32 Å². The molecule has 1 saturated heterocycles. The van der Waals surface area contributed by atoms with Crippen LogP contribution in [0.5, 0.6) is 0 Å². The second kappa shape index (κ2) is 8.65. The molecule has 148 valence electrons. The van der Waals surface area contributed by atoms with Crippen molar-refractivity contribution in [3.05, 3.63) is 21.8 Å². The smallest absolute Gasteiger partial charge is 0.296 e. The number of piperidine rings is 1. The first-order chi connectivity index (χ1) is 13.0. The lowest BCUT2D eigenvalue weighted by molar-refractivity contribution is -0.121. The Morgan fingerprint density at radius 1 is 1.30 bits per heavy atom. The molecule has 2 aromatic rings. The van der Waals surface area contributed by atoms with Crippen molar-refractivity contribution in [1.29, 1.82) is 0 Å². The van der Waals surface area contributed by atoms with Gasteiger partial charge in [0.2, 0.25) is 5.91 Å². The predicted octanol–water partition coefficient (Wildman–Crippen LogP) is 1.77. The molecule has 8 heteroatoms. The molecule has 1 aliphatic heterocycles. The Morgan fingerprint density at radius 2 is 2.11 bits per heavy atom. The van der Waals surface area contributed by atoms with Gasteiger partial charge < -0.3 is 14.7 Å². The van der Waals surface area contributed by atoms with Gasteiger partial charge in [-0.25, -0.2) is 4.68 Å². The monoisotopic (exact) mass is 375 g/mol. The number of rotatable bonds is 7. The van der Waals surface area contributed by atoms with Gasteiger partial charge in [0.25, 0.3) is 5.56 Å². The highest BCUT2D eigenvalue weighted by Gasteiger charge is 2.18. The largest absolute Gasteiger partial charge is 0.360 e. The number of carbonyl (C=O) groups is 1. The molecular weight excluding hydrogens is 346 g/mol. The molecule has 0 radical (unpaired) electrons. The number of carbonyl (C=O) groups excluding carboxylic acids is 1. The van der Waals surface area contributed by atoms with Crippen molar-refractivity contribution < 1.29 is 9.32 Å². The van der Waals surface area contributed by atoms with E-state index in [1.54, 1.807) is 6.92 Å². The van der Waals surface area contributed by atoms with Crippen molar-refractivity contribution in [3.63, 3.8) is 0 Å². The molecule has 27 heavy (non-hydrogen) atoms. The predicted molar refractivity (Wildman–Crippen MR) is 103 cm³/mol. The van der Waals surface area contributed by atoms with E-state index in [-0.39, 0.29) is 29.9 Å². The SMILES string of the molecule is Cc1nn(CCC(=O)NCCCN2CCCC[C@@H]2C)c(=O)c2noc(C)c12. The maximum absolute atomic E-state index is 12.4. The van der Waals surface area contributed by atoms with Gasteiger partial charge in [-0.15, -0.1) is 0 Å². The first-order valence-electron chi connectivity index (χ1n) is 9.82. The molecule has 1 aliphatic rings. The normalized spacial score (nSPS) is 18.1. The Kier molecular flexibility index (Phi) is 6.26. The molecule has 0 unspecified atom stereocenters. The molecule has 3 rings (SSSR count). The van der Waals surface area contributed by atoms with Gasteiger partial charge in [0.1, 0.15) is 5.76 Å². The summed E-state index contributed by atoms with van der Waals surface area (Å²) in [7, 11) is 0. The first-order valence-corrected chi connectivity index (χ1v) is 9.82. The first kappa shape index (κ1) is 19.5. The zero-order valence-corrected chi connectivity index (χ0v) is 16.5. The molecular formula is C19H29N5O3.